The Balaban J connectivity index is 2.12. The number of carbonyl (C=O) groups is 1. The lowest BCUT2D eigenvalue weighted by Gasteiger charge is -2.08. The molecule has 0 aliphatic heterocycles. The summed E-state index contributed by atoms with van der Waals surface area (Å²) in [5.74, 6) is -1.69. The summed E-state index contributed by atoms with van der Waals surface area (Å²) in [7, 11) is -3.84. The van der Waals surface area contributed by atoms with E-state index in [0.717, 1.165) is 17.5 Å². The SMILES string of the molecule is O=C(O)C=Cc1cccc2cc(S(=O)(=O)c3cccc(F)c3)ccc12. The van der Waals surface area contributed by atoms with Crippen molar-refractivity contribution in [1.29, 1.82) is 0 Å². The molecule has 0 bridgehead atoms. The zero-order chi connectivity index (χ0) is 18.0. The molecule has 6 heteroatoms. The van der Waals surface area contributed by atoms with E-state index in [9.17, 15) is 17.6 Å². The molecule has 4 nitrogen and oxygen atoms in total. The fourth-order valence-corrected chi connectivity index (χ4v) is 3.86. The van der Waals surface area contributed by atoms with E-state index in [1.807, 2.05) is 0 Å². The Bertz CT molecular complexity index is 1100. The van der Waals surface area contributed by atoms with Crippen LogP contribution in [0.3, 0.4) is 0 Å². The third kappa shape index (κ3) is 3.44. The summed E-state index contributed by atoms with van der Waals surface area (Å²) >= 11 is 0. The van der Waals surface area contributed by atoms with Gasteiger partial charge in [0.2, 0.25) is 9.84 Å². The number of benzene rings is 3. The van der Waals surface area contributed by atoms with Gasteiger partial charge in [0, 0.05) is 6.08 Å². The molecular formula is C19H13FO4S. The van der Waals surface area contributed by atoms with Gasteiger partial charge in [-0.3, -0.25) is 0 Å². The van der Waals surface area contributed by atoms with Gasteiger partial charge in [0.1, 0.15) is 5.82 Å². The van der Waals surface area contributed by atoms with Crippen LogP contribution >= 0.6 is 0 Å². The fourth-order valence-electron chi connectivity index (χ4n) is 2.53. The van der Waals surface area contributed by atoms with Crippen LogP contribution in [0, 0.1) is 5.82 Å². The summed E-state index contributed by atoms with van der Waals surface area (Å²) in [6, 6.07) is 14.6. The van der Waals surface area contributed by atoms with Crippen LogP contribution in [-0.4, -0.2) is 19.5 Å². The minimum absolute atomic E-state index is 0.0463. The second-order valence-corrected chi connectivity index (χ2v) is 7.31. The number of aliphatic carboxylic acids is 1. The first-order chi connectivity index (χ1) is 11.9. The van der Waals surface area contributed by atoms with Crippen LogP contribution in [0.25, 0.3) is 16.8 Å². The summed E-state index contributed by atoms with van der Waals surface area (Å²) in [4.78, 5) is 10.6. The lowest BCUT2D eigenvalue weighted by Crippen LogP contribution is -2.02. The third-order valence-corrected chi connectivity index (χ3v) is 5.46. The van der Waals surface area contributed by atoms with E-state index in [-0.39, 0.29) is 9.79 Å². The molecule has 0 heterocycles. The van der Waals surface area contributed by atoms with Crippen LogP contribution in [-0.2, 0) is 14.6 Å². The van der Waals surface area contributed by atoms with Gasteiger partial charge in [-0.15, -0.1) is 0 Å². The van der Waals surface area contributed by atoms with Crippen molar-refractivity contribution in [2.75, 3.05) is 0 Å². The standard InChI is InChI=1S/C19H13FO4S/c20-15-5-2-6-16(12-15)25(23,24)17-8-9-18-13(7-10-19(21)22)3-1-4-14(18)11-17/h1-12H,(H,21,22). The van der Waals surface area contributed by atoms with Crippen molar-refractivity contribution < 1.29 is 22.7 Å². The third-order valence-electron chi connectivity index (χ3n) is 3.71. The topological polar surface area (TPSA) is 71.4 Å². The zero-order valence-electron chi connectivity index (χ0n) is 12.9. The maximum absolute atomic E-state index is 13.3. The molecule has 25 heavy (non-hydrogen) atoms. The summed E-state index contributed by atoms with van der Waals surface area (Å²) < 4.78 is 38.7. The molecule has 0 aromatic heterocycles. The Hall–Kier alpha value is -2.99. The lowest BCUT2D eigenvalue weighted by atomic mass is 10.0. The largest absolute Gasteiger partial charge is 0.478 e. The van der Waals surface area contributed by atoms with Gasteiger partial charge in [0.25, 0.3) is 0 Å². The predicted molar refractivity (Wildman–Crippen MR) is 92.5 cm³/mol. The monoisotopic (exact) mass is 356 g/mol. The van der Waals surface area contributed by atoms with Gasteiger partial charge >= 0.3 is 5.97 Å². The van der Waals surface area contributed by atoms with E-state index in [0.29, 0.717) is 10.9 Å². The summed E-state index contributed by atoms with van der Waals surface area (Å²) in [5, 5.41) is 10.1. The molecule has 126 valence electrons. The van der Waals surface area contributed by atoms with Crippen LogP contribution in [0.15, 0.2) is 76.5 Å². The van der Waals surface area contributed by atoms with E-state index in [1.54, 1.807) is 24.3 Å². The van der Waals surface area contributed by atoms with E-state index in [4.69, 9.17) is 5.11 Å². The fraction of sp³-hybridized carbons (Fsp3) is 0. The highest BCUT2D eigenvalue weighted by molar-refractivity contribution is 7.91. The molecule has 3 aromatic rings. The van der Waals surface area contributed by atoms with E-state index >= 15 is 0 Å². The summed E-state index contributed by atoms with van der Waals surface area (Å²) in [5.41, 5.74) is 0.662. The first-order valence-corrected chi connectivity index (χ1v) is 8.81. The maximum atomic E-state index is 13.3. The number of hydrogen-bond donors (Lipinski definition) is 1. The average molecular weight is 356 g/mol. The number of carboxylic acid groups (broad SMARTS) is 1. The molecule has 0 unspecified atom stereocenters. The van der Waals surface area contributed by atoms with Crippen molar-refractivity contribution in [2.45, 2.75) is 9.79 Å². The summed E-state index contributed by atoms with van der Waals surface area (Å²) in [6.07, 6.45) is 2.47. The Labute approximate surface area is 143 Å². The Morgan fingerprint density at radius 1 is 0.960 bits per heavy atom. The Morgan fingerprint density at radius 3 is 2.40 bits per heavy atom. The average Bonchev–Trinajstić information content (AvgIpc) is 2.59. The van der Waals surface area contributed by atoms with Crippen molar-refractivity contribution in [2.24, 2.45) is 0 Å². The number of rotatable bonds is 4. The molecular weight excluding hydrogens is 343 g/mol. The highest BCUT2D eigenvalue weighted by Gasteiger charge is 2.18. The van der Waals surface area contributed by atoms with Crippen molar-refractivity contribution in [3.8, 4) is 0 Å². The molecule has 0 aliphatic carbocycles. The predicted octanol–water partition coefficient (Wildman–Crippen LogP) is 3.91. The van der Waals surface area contributed by atoms with Crippen LogP contribution < -0.4 is 0 Å². The second kappa shape index (κ2) is 6.49. The molecule has 0 saturated heterocycles. The van der Waals surface area contributed by atoms with Gasteiger partial charge in [-0.2, -0.15) is 0 Å². The van der Waals surface area contributed by atoms with E-state index in [1.165, 1.54) is 36.4 Å². The molecule has 3 rings (SSSR count). The highest BCUT2D eigenvalue weighted by atomic mass is 32.2. The minimum atomic E-state index is -3.84. The molecule has 0 fully saturated rings. The van der Waals surface area contributed by atoms with Crippen LogP contribution in [0.1, 0.15) is 5.56 Å². The van der Waals surface area contributed by atoms with Crippen molar-refractivity contribution in [1.82, 2.24) is 0 Å². The van der Waals surface area contributed by atoms with Crippen LogP contribution in [0.4, 0.5) is 4.39 Å². The number of sulfone groups is 1. The molecule has 0 saturated carbocycles. The molecule has 0 radical (unpaired) electrons. The van der Waals surface area contributed by atoms with E-state index in [2.05, 4.69) is 0 Å². The maximum Gasteiger partial charge on any atom is 0.328 e. The quantitative estimate of drug-likeness (QED) is 0.720. The minimum Gasteiger partial charge on any atom is -0.478 e. The number of carboxylic acids is 1. The number of hydrogen-bond acceptors (Lipinski definition) is 3. The van der Waals surface area contributed by atoms with Gasteiger partial charge in [-0.05, 0) is 52.7 Å². The molecule has 0 spiro atoms. The summed E-state index contributed by atoms with van der Waals surface area (Å²) in [6.45, 7) is 0. The Kier molecular flexibility index (Phi) is 4.37. The highest BCUT2D eigenvalue weighted by Crippen LogP contribution is 2.27. The van der Waals surface area contributed by atoms with Gasteiger partial charge < -0.3 is 5.11 Å². The Morgan fingerprint density at radius 2 is 1.68 bits per heavy atom. The first-order valence-electron chi connectivity index (χ1n) is 7.32. The van der Waals surface area contributed by atoms with E-state index < -0.39 is 21.6 Å². The van der Waals surface area contributed by atoms with Crippen LogP contribution in [0.5, 0.6) is 0 Å². The first kappa shape index (κ1) is 16.9. The number of fused-ring (bicyclic) bond motifs is 1. The van der Waals surface area contributed by atoms with Crippen LogP contribution in [0.2, 0.25) is 0 Å². The molecule has 0 aliphatic rings. The van der Waals surface area contributed by atoms with Crippen molar-refractivity contribution in [3.05, 3.63) is 78.1 Å². The zero-order valence-corrected chi connectivity index (χ0v) is 13.7. The van der Waals surface area contributed by atoms with Crippen molar-refractivity contribution in [3.63, 3.8) is 0 Å². The normalized spacial score (nSPS) is 11.9. The van der Waals surface area contributed by atoms with Gasteiger partial charge in [0.15, 0.2) is 0 Å². The van der Waals surface area contributed by atoms with Gasteiger partial charge in [-0.25, -0.2) is 17.6 Å². The smallest absolute Gasteiger partial charge is 0.328 e. The number of halogens is 1. The molecule has 3 aromatic carbocycles. The second-order valence-electron chi connectivity index (χ2n) is 5.36. The molecule has 0 atom stereocenters. The lowest BCUT2D eigenvalue weighted by molar-refractivity contribution is -0.131. The molecule has 0 amide bonds. The van der Waals surface area contributed by atoms with Crippen molar-refractivity contribution >= 4 is 32.7 Å². The van der Waals surface area contributed by atoms with Gasteiger partial charge in [-0.1, -0.05) is 30.3 Å². The van der Waals surface area contributed by atoms with Gasteiger partial charge in [0.05, 0.1) is 9.79 Å². The molecule has 1 N–H and O–H groups in total.